The van der Waals surface area contributed by atoms with E-state index < -0.39 is 11.0 Å². The van der Waals surface area contributed by atoms with Crippen molar-refractivity contribution in [3.63, 3.8) is 0 Å². The number of esters is 1. The lowest BCUT2D eigenvalue weighted by Crippen LogP contribution is -2.70. The molecule has 0 bridgehead atoms. The quantitative estimate of drug-likeness (QED) is 0.442. The first-order chi connectivity index (χ1) is 15.8. The highest BCUT2D eigenvalue weighted by atomic mass is 16.5. The van der Waals surface area contributed by atoms with Crippen LogP contribution in [0.25, 0.3) is 0 Å². The Hall–Kier alpha value is -0.900. The molecular formula is C30H50O4. The summed E-state index contributed by atoms with van der Waals surface area (Å²) >= 11 is 0. The largest absolute Gasteiger partial charge is 0.463 e. The van der Waals surface area contributed by atoms with Crippen LogP contribution >= 0.6 is 0 Å². The molecule has 194 valence electrons. The summed E-state index contributed by atoms with van der Waals surface area (Å²) in [5.74, 6) is 3.32. The molecule has 0 unspecified atom stereocenters. The lowest BCUT2D eigenvalue weighted by atomic mass is 9.41. The molecule has 34 heavy (non-hydrogen) atoms. The molecule has 4 saturated carbocycles. The van der Waals surface area contributed by atoms with Gasteiger partial charge in [0.2, 0.25) is 0 Å². The summed E-state index contributed by atoms with van der Waals surface area (Å²) in [4.78, 5) is 25.5. The van der Waals surface area contributed by atoms with E-state index in [1.54, 1.807) is 0 Å². The van der Waals surface area contributed by atoms with Gasteiger partial charge in [0.05, 0.1) is 0 Å². The molecule has 0 aliphatic heterocycles. The zero-order valence-corrected chi connectivity index (χ0v) is 22.9. The van der Waals surface area contributed by atoms with Gasteiger partial charge in [-0.25, -0.2) is 0 Å². The van der Waals surface area contributed by atoms with Crippen molar-refractivity contribution in [3.8, 4) is 0 Å². The minimum Gasteiger partial charge on any atom is -0.463 e. The second kappa shape index (κ2) is 9.20. The molecule has 0 amide bonds. The minimum atomic E-state index is -1.22. The summed E-state index contributed by atoms with van der Waals surface area (Å²) < 4.78 is 5.56. The number of carbonyl (C=O) groups is 2. The van der Waals surface area contributed by atoms with Gasteiger partial charge < -0.3 is 9.84 Å². The second-order valence-corrected chi connectivity index (χ2v) is 13.7. The first-order valence-corrected chi connectivity index (χ1v) is 14.3. The molecule has 0 spiro atoms. The van der Waals surface area contributed by atoms with Gasteiger partial charge in [-0.3, -0.25) is 9.59 Å². The number of Topliss-reactive ketones (excluding diaryl/α,β-unsaturated/α-hetero) is 1. The Morgan fingerprint density at radius 1 is 1.03 bits per heavy atom. The van der Waals surface area contributed by atoms with E-state index in [9.17, 15) is 14.7 Å². The van der Waals surface area contributed by atoms with Gasteiger partial charge in [-0.15, -0.1) is 0 Å². The van der Waals surface area contributed by atoms with Crippen molar-refractivity contribution in [2.75, 3.05) is 0 Å². The van der Waals surface area contributed by atoms with Crippen LogP contribution in [0.15, 0.2) is 0 Å². The number of hydrogen-bond donors (Lipinski definition) is 1. The van der Waals surface area contributed by atoms with Gasteiger partial charge in [-0.1, -0.05) is 54.4 Å². The average Bonchev–Trinajstić information content (AvgIpc) is 3.09. The first kappa shape index (κ1) is 26.2. The van der Waals surface area contributed by atoms with Gasteiger partial charge in [0.25, 0.3) is 0 Å². The van der Waals surface area contributed by atoms with Gasteiger partial charge >= 0.3 is 5.97 Å². The van der Waals surface area contributed by atoms with E-state index in [1.165, 1.54) is 26.2 Å². The van der Waals surface area contributed by atoms with E-state index >= 15 is 0 Å². The fourth-order valence-corrected chi connectivity index (χ4v) is 9.36. The Labute approximate surface area is 208 Å². The van der Waals surface area contributed by atoms with E-state index in [-0.39, 0.29) is 35.1 Å². The van der Waals surface area contributed by atoms with Crippen molar-refractivity contribution in [3.05, 3.63) is 0 Å². The Morgan fingerprint density at radius 3 is 2.35 bits per heavy atom. The molecule has 4 fully saturated rings. The summed E-state index contributed by atoms with van der Waals surface area (Å²) in [6, 6.07) is 0. The fourth-order valence-electron chi connectivity index (χ4n) is 9.36. The second-order valence-electron chi connectivity index (χ2n) is 13.7. The number of ketones is 1. The van der Waals surface area contributed by atoms with Crippen LogP contribution in [0.1, 0.15) is 113 Å². The minimum absolute atomic E-state index is 0.0204. The molecule has 0 radical (unpaired) electrons. The molecule has 0 aromatic rings. The van der Waals surface area contributed by atoms with Gasteiger partial charge in [-0.05, 0) is 91.8 Å². The average molecular weight is 475 g/mol. The smallest absolute Gasteiger partial charge is 0.302 e. The maximum atomic E-state index is 14.0. The predicted octanol–water partition coefficient (Wildman–Crippen LogP) is 6.58. The molecule has 4 rings (SSSR count). The summed E-state index contributed by atoms with van der Waals surface area (Å²) in [5.41, 5.74) is -1.60. The Kier molecular flexibility index (Phi) is 7.08. The van der Waals surface area contributed by atoms with E-state index in [0.717, 1.165) is 50.4 Å². The summed E-state index contributed by atoms with van der Waals surface area (Å²) in [7, 11) is 0. The first-order valence-electron chi connectivity index (χ1n) is 14.3. The SMILES string of the molecule is CC(=O)O[C@@H]1CC[C@]2(C)[C@@H](CC[C@@H]3[C@@H]4CC[C@@H]([C@H](C)CC[C@H](C)C(C)C)[C@]4(C)CC(=O)[C@@]32O)C1. The molecule has 4 aliphatic rings. The molecule has 0 aromatic carbocycles. The number of fused-ring (bicyclic) bond motifs is 5. The van der Waals surface area contributed by atoms with Gasteiger partial charge in [0, 0.05) is 18.8 Å². The van der Waals surface area contributed by atoms with Crippen molar-refractivity contribution in [1.82, 2.24) is 0 Å². The third-order valence-electron chi connectivity index (χ3n) is 11.8. The normalized spacial score (nSPS) is 45.8. The molecular weight excluding hydrogens is 424 g/mol. The highest BCUT2D eigenvalue weighted by molar-refractivity contribution is 5.90. The van der Waals surface area contributed by atoms with Crippen LogP contribution in [-0.4, -0.2) is 28.6 Å². The molecule has 0 heterocycles. The topological polar surface area (TPSA) is 63.6 Å². The van der Waals surface area contributed by atoms with E-state index in [1.807, 2.05) is 0 Å². The highest BCUT2D eigenvalue weighted by Crippen LogP contribution is 2.69. The van der Waals surface area contributed by atoms with E-state index in [0.29, 0.717) is 24.2 Å². The number of ether oxygens (including phenoxy) is 1. The molecule has 4 aliphatic carbocycles. The molecule has 0 aromatic heterocycles. The van der Waals surface area contributed by atoms with E-state index in [4.69, 9.17) is 4.74 Å². The maximum absolute atomic E-state index is 14.0. The predicted molar refractivity (Wildman–Crippen MR) is 135 cm³/mol. The molecule has 4 nitrogen and oxygen atoms in total. The van der Waals surface area contributed by atoms with Gasteiger partial charge in [0.1, 0.15) is 11.7 Å². The van der Waals surface area contributed by atoms with E-state index in [2.05, 4.69) is 41.5 Å². The monoisotopic (exact) mass is 474 g/mol. The Bertz CT molecular complexity index is 791. The van der Waals surface area contributed by atoms with Crippen LogP contribution in [0.2, 0.25) is 0 Å². The number of aliphatic hydroxyl groups is 1. The van der Waals surface area contributed by atoms with Crippen molar-refractivity contribution in [1.29, 1.82) is 0 Å². The number of hydrogen-bond acceptors (Lipinski definition) is 4. The van der Waals surface area contributed by atoms with Gasteiger partial charge in [-0.2, -0.15) is 0 Å². The number of carbonyl (C=O) groups excluding carboxylic acids is 2. The van der Waals surface area contributed by atoms with Crippen LogP contribution in [-0.2, 0) is 14.3 Å². The zero-order chi connectivity index (χ0) is 25.1. The molecule has 1 N–H and O–H groups in total. The molecule has 4 heteroatoms. The lowest BCUT2D eigenvalue weighted by molar-refractivity contribution is -0.230. The summed E-state index contributed by atoms with van der Waals surface area (Å²) in [6.07, 6.45) is 9.61. The third-order valence-corrected chi connectivity index (χ3v) is 11.8. The van der Waals surface area contributed by atoms with Crippen LogP contribution < -0.4 is 0 Å². The third kappa shape index (κ3) is 3.98. The van der Waals surface area contributed by atoms with Crippen LogP contribution in [0.4, 0.5) is 0 Å². The maximum Gasteiger partial charge on any atom is 0.302 e. The molecule has 10 atom stereocenters. The van der Waals surface area contributed by atoms with Crippen LogP contribution in [0.5, 0.6) is 0 Å². The molecule has 0 saturated heterocycles. The summed E-state index contributed by atoms with van der Waals surface area (Å²) in [5, 5.41) is 12.3. The van der Waals surface area contributed by atoms with Gasteiger partial charge in [0.15, 0.2) is 5.78 Å². The van der Waals surface area contributed by atoms with Crippen molar-refractivity contribution in [2.24, 2.45) is 52.3 Å². The van der Waals surface area contributed by atoms with Crippen molar-refractivity contribution in [2.45, 2.75) is 124 Å². The number of rotatable bonds is 6. The van der Waals surface area contributed by atoms with Crippen LogP contribution in [0.3, 0.4) is 0 Å². The lowest BCUT2D eigenvalue weighted by Gasteiger charge is -2.64. The zero-order valence-electron chi connectivity index (χ0n) is 22.9. The Morgan fingerprint density at radius 2 is 1.71 bits per heavy atom. The summed E-state index contributed by atoms with van der Waals surface area (Å²) in [6.45, 7) is 15.5. The fraction of sp³-hybridized carbons (Fsp3) is 0.933. The standard InChI is InChI=1S/C30H50O4/c1-18(2)19(3)8-9-20(4)24-12-13-25-26-11-10-22-16-23(34-21(5)31)14-15-29(22,7)30(26,33)27(32)17-28(24,25)6/h18-20,22-26,33H,8-17H2,1-7H3/t19-,20+,22-,23+,24-,25-,26+,28-,29+,30-/m0/s1. The Balaban J connectivity index is 1.54. The van der Waals surface area contributed by atoms with Crippen molar-refractivity contribution >= 4 is 11.8 Å². The van der Waals surface area contributed by atoms with Crippen molar-refractivity contribution < 1.29 is 19.4 Å². The highest BCUT2D eigenvalue weighted by Gasteiger charge is 2.70. The van der Waals surface area contributed by atoms with Crippen LogP contribution in [0, 0.1) is 52.3 Å².